The molecule has 1 aromatic rings. The molecule has 20 heavy (non-hydrogen) atoms. The van der Waals surface area contributed by atoms with Crippen molar-refractivity contribution in [2.75, 3.05) is 12.4 Å². The Morgan fingerprint density at radius 2 is 2.05 bits per heavy atom. The number of nitro groups is 1. The van der Waals surface area contributed by atoms with Gasteiger partial charge in [-0.05, 0) is 17.9 Å². The van der Waals surface area contributed by atoms with Crippen LogP contribution < -0.4 is 5.32 Å². The summed E-state index contributed by atoms with van der Waals surface area (Å²) in [5, 5.41) is 13.6. The standard InChI is InChI=1S/C13H16Cl2N2O3/c1-13(2,3-4-14)8-16-12(18)9-5-10(15)7-11(6-9)17(19)20/h5-7H,3-4,8H2,1-2H3,(H,16,18). The van der Waals surface area contributed by atoms with Crippen molar-refractivity contribution in [2.45, 2.75) is 20.3 Å². The van der Waals surface area contributed by atoms with Crippen LogP contribution in [0.3, 0.4) is 0 Å². The van der Waals surface area contributed by atoms with Gasteiger partial charge in [0.2, 0.25) is 0 Å². The molecule has 0 fully saturated rings. The molecule has 0 aromatic heterocycles. The lowest BCUT2D eigenvalue weighted by Crippen LogP contribution is -2.34. The van der Waals surface area contributed by atoms with E-state index in [1.165, 1.54) is 18.2 Å². The number of hydrogen-bond acceptors (Lipinski definition) is 3. The first-order valence-electron chi connectivity index (χ1n) is 6.04. The van der Waals surface area contributed by atoms with Crippen LogP contribution in [0.25, 0.3) is 0 Å². The fourth-order valence-electron chi connectivity index (χ4n) is 1.58. The number of rotatable bonds is 6. The quantitative estimate of drug-likeness (QED) is 0.494. The van der Waals surface area contributed by atoms with Gasteiger partial charge < -0.3 is 5.32 Å². The number of nitro benzene ring substituents is 1. The number of hydrogen-bond donors (Lipinski definition) is 1. The summed E-state index contributed by atoms with van der Waals surface area (Å²) in [6.07, 6.45) is 0.754. The third-order valence-electron chi connectivity index (χ3n) is 2.85. The maximum atomic E-state index is 12.0. The lowest BCUT2D eigenvalue weighted by Gasteiger charge is -2.23. The van der Waals surface area contributed by atoms with Gasteiger partial charge in [0, 0.05) is 35.1 Å². The second-order valence-corrected chi connectivity index (χ2v) is 6.06. The molecule has 0 aliphatic carbocycles. The molecule has 0 spiro atoms. The van der Waals surface area contributed by atoms with E-state index in [-0.39, 0.29) is 21.7 Å². The number of nitrogens with one attached hydrogen (secondary N) is 1. The summed E-state index contributed by atoms with van der Waals surface area (Å²) in [6, 6.07) is 3.81. The van der Waals surface area contributed by atoms with E-state index in [0.717, 1.165) is 6.42 Å². The predicted molar refractivity (Wildman–Crippen MR) is 79.6 cm³/mol. The highest BCUT2D eigenvalue weighted by atomic mass is 35.5. The smallest absolute Gasteiger partial charge is 0.271 e. The molecule has 0 saturated carbocycles. The van der Waals surface area contributed by atoms with Crippen LogP contribution in [0.15, 0.2) is 18.2 Å². The molecule has 0 radical (unpaired) electrons. The van der Waals surface area contributed by atoms with E-state index in [2.05, 4.69) is 5.32 Å². The Labute approximate surface area is 127 Å². The average Bonchev–Trinajstić information content (AvgIpc) is 2.35. The number of carbonyl (C=O) groups excluding carboxylic acids is 1. The van der Waals surface area contributed by atoms with Crippen molar-refractivity contribution in [2.24, 2.45) is 5.41 Å². The van der Waals surface area contributed by atoms with Crippen LogP contribution in [0.2, 0.25) is 5.02 Å². The maximum absolute atomic E-state index is 12.0. The highest BCUT2D eigenvalue weighted by molar-refractivity contribution is 6.31. The number of amides is 1. The Morgan fingerprint density at radius 1 is 1.40 bits per heavy atom. The van der Waals surface area contributed by atoms with Gasteiger partial charge in [-0.3, -0.25) is 14.9 Å². The Hall–Kier alpha value is -1.33. The van der Waals surface area contributed by atoms with Gasteiger partial charge in [0.25, 0.3) is 11.6 Å². The van der Waals surface area contributed by atoms with Gasteiger partial charge >= 0.3 is 0 Å². The van der Waals surface area contributed by atoms with E-state index in [4.69, 9.17) is 23.2 Å². The van der Waals surface area contributed by atoms with Gasteiger partial charge in [0.15, 0.2) is 0 Å². The molecule has 1 rings (SSSR count). The number of alkyl halides is 1. The van der Waals surface area contributed by atoms with Gasteiger partial charge in [-0.2, -0.15) is 0 Å². The minimum Gasteiger partial charge on any atom is -0.351 e. The molecule has 1 aromatic carbocycles. The molecular weight excluding hydrogens is 303 g/mol. The molecule has 0 heterocycles. The molecule has 0 unspecified atom stereocenters. The lowest BCUT2D eigenvalue weighted by atomic mass is 9.90. The van der Waals surface area contributed by atoms with Gasteiger partial charge in [-0.15, -0.1) is 11.6 Å². The highest BCUT2D eigenvalue weighted by Crippen LogP contribution is 2.22. The zero-order chi connectivity index (χ0) is 15.3. The first kappa shape index (κ1) is 16.7. The minimum absolute atomic E-state index is 0.137. The minimum atomic E-state index is -0.583. The van der Waals surface area contributed by atoms with Crippen LogP contribution >= 0.6 is 23.2 Å². The van der Waals surface area contributed by atoms with Crippen molar-refractivity contribution < 1.29 is 9.72 Å². The summed E-state index contributed by atoms with van der Waals surface area (Å²) in [6.45, 7) is 4.39. The molecule has 7 heteroatoms. The number of non-ortho nitro benzene ring substituents is 1. The number of nitrogens with zero attached hydrogens (tertiary/aromatic N) is 1. The van der Waals surface area contributed by atoms with Crippen LogP contribution in [0.5, 0.6) is 0 Å². The molecule has 1 amide bonds. The van der Waals surface area contributed by atoms with Crippen LogP contribution in [0.4, 0.5) is 5.69 Å². The summed E-state index contributed by atoms with van der Waals surface area (Å²) < 4.78 is 0. The van der Waals surface area contributed by atoms with Crippen molar-refractivity contribution in [1.29, 1.82) is 0 Å². The lowest BCUT2D eigenvalue weighted by molar-refractivity contribution is -0.384. The predicted octanol–water partition coefficient (Wildman–Crippen LogP) is 3.63. The van der Waals surface area contributed by atoms with Crippen molar-refractivity contribution >= 4 is 34.8 Å². The summed E-state index contributed by atoms with van der Waals surface area (Å²) in [7, 11) is 0. The van der Waals surface area contributed by atoms with Crippen LogP contribution in [-0.2, 0) is 0 Å². The van der Waals surface area contributed by atoms with E-state index >= 15 is 0 Å². The Morgan fingerprint density at radius 3 is 2.60 bits per heavy atom. The fourth-order valence-corrected chi connectivity index (χ4v) is 2.32. The number of halogens is 2. The van der Waals surface area contributed by atoms with E-state index in [0.29, 0.717) is 12.4 Å². The van der Waals surface area contributed by atoms with Crippen molar-refractivity contribution in [3.8, 4) is 0 Å². The maximum Gasteiger partial charge on any atom is 0.271 e. The second kappa shape index (κ2) is 6.90. The van der Waals surface area contributed by atoms with Gasteiger partial charge in [-0.25, -0.2) is 0 Å². The zero-order valence-electron chi connectivity index (χ0n) is 11.3. The average molecular weight is 319 g/mol. The first-order chi connectivity index (χ1) is 9.25. The molecule has 0 atom stereocenters. The number of benzene rings is 1. The van der Waals surface area contributed by atoms with E-state index in [1.807, 2.05) is 13.8 Å². The summed E-state index contributed by atoms with van der Waals surface area (Å²) in [4.78, 5) is 22.1. The Kier molecular flexibility index (Phi) is 5.77. The van der Waals surface area contributed by atoms with Crippen molar-refractivity contribution in [1.82, 2.24) is 5.32 Å². The van der Waals surface area contributed by atoms with Crippen LogP contribution in [-0.4, -0.2) is 23.3 Å². The fraction of sp³-hybridized carbons (Fsp3) is 0.462. The van der Waals surface area contributed by atoms with E-state index in [9.17, 15) is 14.9 Å². The molecule has 0 aliphatic heterocycles. The normalized spacial score (nSPS) is 11.2. The number of carbonyl (C=O) groups is 1. The van der Waals surface area contributed by atoms with Crippen molar-refractivity contribution in [3.63, 3.8) is 0 Å². The Bertz CT molecular complexity index is 518. The zero-order valence-corrected chi connectivity index (χ0v) is 12.8. The van der Waals surface area contributed by atoms with Gasteiger partial charge in [0.1, 0.15) is 0 Å². The Balaban J connectivity index is 2.80. The van der Waals surface area contributed by atoms with Crippen LogP contribution in [0.1, 0.15) is 30.6 Å². The summed E-state index contributed by atoms with van der Waals surface area (Å²) in [5.41, 5.74) is -0.171. The molecule has 0 aliphatic rings. The molecule has 0 saturated heterocycles. The SMILES string of the molecule is CC(C)(CCCl)CNC(=O)c1cc(Cl)cc([N+](=O)[O-])c1. The van der Waals surface area contributed by atoms with E-state index in [1.54, 1.807) is 0 Å². The largest absolute Gasteiger partial charge is 0.351 e. The third kappa shape index (κ3) is 4.98. The highest BCUT2D eigenvalue weighted by Gasteiger charge is 2.20. The summed E-state index contributed by atoms with van der Waals surface area (Å²) in [5.74, 6) is 0.115. The molecular formula is C13H16Cl2N2O3. The molecule has 110 valence electrons. The second-order valence-electron chi connectivity index (χ2n) is 5.24. The summed E-state index contributed by atoms with van der Waals surface area (Å²) >= 11 is 11.5. The third-order valence-corrected chi connectivity index (χ3v) is 3.26. The topological polar surface area (TPSA) is 72.2 Å². The first-order valence-corrected chi connectivity index (χ1v) is 6.95. The monoisotopic (exact) mass is 318 g/mol. The van der Waals surface area contributed by atoms with Gasteiger partial charge in [-0.1, -0.05) is 25.4 Å². The molecule has 5 nitrogen and oxygen atoms in total. The molecule has 1 N–H and O–H groups in total. The van der Waals surface area contributed by atoms with E-state index < -0.39 is 10.8 Å². The van der Waals surface area contributed by atoms with Gasteiger partial charge in [0.05, 0.1) is 4.92 Å². The molecule has 0 bridgehead atoms. The van der Waals surface area contributed by atoms with Crippen molar-refractivity contribution in [3.05, 3.63) is 38.9 Å². The van der Waals surface area contributed by atoms with Crippen LogP contribution in [0, 0.1) is 15.5 Å².